The van der Waals surface area contributed by atoms with Crippen LogP contribution < -0.4 is 0 Å². The first kappa shape index (κ1) is 17.7. The highest BCUT2D eigenvalue weighted by Crippen LogP contribution is 2.35. The van der Waals surface area contributed by atoms with E-state index in [4.69, 9.17) is 11.6 Å². The monoisotopic (exact) mass is 407 g/mol. The molecule has 3 aromatic heterocycles. The highest BCUT2D eigenvalue weighted by atomic mass is 35.5. The number of aliphatic imine (C=N–C) groups is 1. The van der Waals surface area contributed by atoms with Gasteiger partial charge in [-0.3, -0.25) is 19.2 Å². The molecule has 0 atom stereocenters. The zero-order valence-electron chi connectivity index (χ0n) is 15.6. The van der Waals surface area contributed by atoms with Crippen molar-refractivity contribution in [3.63, 3.8) is 0 Å². The Hall–Kier alpha value is -3.39. The predicted octanol–water partition coefficient (Wildman–Crippen LogP) is 3.51. The Bertz CT molecular complexity index is 1290. The summed E-state index contributed by atoms with van der Waals surface area (Å²) in [4.78, 5) is 8.86. The van der Waals surface area contributed by atoms with Gasteiger partial charge in [-0.05, 0) is 30.7 Å². The summed E-state index contributed by atoms with van der Waals surface area (Å²) >= 11 is 6.71. The fourth-order valence-electron chi connectivity index (χ4n) is 3.46. The molecule has 1 aliphatic rings. The largest absolute Gasteiger partial charge is 0.277 e. The van der Waals surface area contributed by atoms with Gasteiger partial charge in [0.15, 0.2) is 17.5 Å². The molecule has 0 fully saturated rings. The van der Waals surface area contributed by atoms with Crippen molar-refractivity contribution in [1.82, 2.24) is 29.5 Å². The first-order valence-electron chi connectivity index (χ1n) is 8.93. The van der Waals surface area contributed by atoms with Crippen LogP contribution in [0, 0.1) is 12.7 Å². The lowest BCUT2D eigenvalue weighted by atomic mass is 10.0. The maximum Gasteiger partial charge on any atom is 0.171 e. The molecule has 0 aliphatic carbocycles. The Morgan fingerprint density at radius 2 is 2.03 bits per heavy atom. The second-order valence-electron chi connectivity index (χ2n) is 6.77. The summed E-state index contributed by atoms with van der Waals surface area (Å²) < 4.78 is 18.2. The van der Waals surface area contributed by atoms with Crippen LogP contribution in [0.4, 0.5) is 4.39 Å². The van der Waals surface area contributed by atoms with Crippen molar-refractivity contribution < 1.29 is 4.39 Å². The molecule has 29 heavy (non-hydrogen) atoms. The maximum atomic E-state index is 14.6. The molecule has 7 nitrogen and oxygen atoms in total. The van der Waals surface area contributed by atoms with Gasteiger partial charge >= 0.3 is 0 Å². The molecule has 4 aromatic rings. The van der Waals surface area contributed by atoms with Gasteiger partial charge in [0.2, 0.25) is 0 Å². The third-order valence-corrected chi connectivity index (χ3v) is 5.33. The normalized spacial score (nSPS) is 12.9. The lowest BCUT2D eigenvalue weighted by molar-refractivity contribution is 0.618. The fraction of sp³-hybridized carbons (Fsp3) is 0.150. The minimum atomic E-state index is -0.458. The first-order chi connectivity index (χ1) is 14.0. The number of rotatable bonds is 2. The molecular weight excluding hydrogens is 393 g/mol. The summed E-state index contributed by atoms with van der Waals surface area (Å²) in [6.45, 7) is 2.11. The van der Waals surface area contributed by atoms with E-state index < -0.39 is 5.82 Å². The van der Waals surface area contributed by atoms with Gasteiger partial charge < -0.3 is 0 Å². The molecule has 144 valence electrons. The number of hydrogen-bond acceptors (Lipinski definition) is 5. The van der Waals surface area contributed by atoms with Crippen LogP contribution in [0.25, 0.3) is 17.1 Å². The van der Waals surface area contributed by atoms with Crippen molar-refractivity contribution in [1.29, 1.82) is 0 Å². The average molecular weight is 408 g/mol. The van der Waals surface area contributed by atoms with Gasteiger partial charge in [-0.2, -0.15) is 5.10 Å². The third kappa shape index (κ3) is 2.75. The minimum Gasteiger partial charge on any atom is -0.277 e. The molecule has 4 heterocycles. The molecular formula is C20H15ClFN7. The number of fused-ring (bicyclic) bond motifs is 3. The quantitative estimate of drug-likeness (QED) is 0.509. The molecule has 9 heteroatoms. The molecule has 0 saturated carbocycles. The van der Waals surface area contributed by atoms with Crippen molar-refractivity contribution in [3.05, 3.63) is 76.3 Å². The van der Waals surface area contributed by atoms with E-state index in [9.17, 15) is 4.39 Å². The molecule has 1 aromatic carbocycles. The fourth-order valence-corrected chi connectivity index (χ4v) is 3.71. The maximum absolute atomic E-state index is 14.6. The van der Waals surface area contributed by atoms with Gasteiger partial charge in [0, 0.05) is 25.0 Å². The van der Waals surface area contributed by atoms with E-state index in [-0.39, 0.29) is 12.2 Å². The zero-order chi connectivity index (χ0) is 20.1. The summed E-state index contributed by atoms with van der Waals surface area (Å²) in [5.74, 6) is 0.781. The topological polar surface area (TPSA) is 73.8 Å². The summed E-state index contributed by atoms with van der Waals surface area (Å²) in [6, 6.07) is 6.74. The molecule has 0 amide bonds. The van der Waals surface area contributed by atoms with E-state index in [0.717, 1.165) is 16.8 Å². The molecule has 1 aliphatic heterocycles. The number of aromatic nitrogens is 6. The summed E-state index contributed by atoms with van der Waals surface area (Å²) in [5, 5.41) is 13.4. The van der Waals surface area contributed by atoms with Crippen LogP contribution in [0.2, 0.25) is 5.02 Å². The Labute approximate surface area is 170 Å². The second kappa shape index (κ2) is 6.59. The van der Waals surface area contributed by atoms with Crippen LogP contribution in [0.1, 0.15) is 22.6 Å². The van der Waals surface area contributed by atoms with E-state index in [2.05, 4.69) is 25.3 Å². The number of aryl methyl sites for hydroxylation is 2. The highest BCUT2D eigenvalue weighted by Gasteiger charge is 2.28. The first-order valence-corrected chi connectivity index (χ1v) is 9.31. The van der Waals surface area contributed by atoms with Crippen molar-refractivity contribution in [3.8, 4) is 17.1 Å². The van der Waals surface area contributed by atoms with Crippen LogP contribution >= 0.6 is 11.6 Å². The number of halogens is 2. The molecule has 0 saturated heterocycles. The SMILES string of the molecule is Cc1ccc2c(c1Cl)C(c1ncccc1F)=NCc1nnc(-c3cnn(C)c3)n1-2. The van der Waals surface area contributed by atoms with Crippen LogP contribution in [0.5, 0.6) is 0 Å². The highest BCUT2D eigenvalue weighted by molar-refractivity contribution is 6.36. The zero-order valence-corrected chi connectivity index (χ0v) is 16.4. The van der Waals surface area contributed by atoms with E-state index in [0.29, 0.717) is 27.9 Å². The Morgan fingerprint density at radius 1 is 1.17 bits per heavy atom. The van der Waals surface area contributed by atoms with E-state index in [1.165, 1.54) is 12.3 Å². The molecule has 5 rings (SSSR count). The van der Waals surface area contributed by atoms with E-state index in [1.54, 1.807) is 16.9 Å². The summed E-state index contributed by atoms with van der Waals surface area (Å²) in [7, 11) is 1.84. The van der Waals surface area contributed by atoms with Crippen molar-refractivity contribution in [2.75, 3.05) is 0 Å². The van der Waals surface area contributed by atoms with Gasteiger partial charge in [0.1, 0.15) is 12.2 Å². The van der Waals surface area contributed by atoms with E-state index >= 15 is 0 Å². The van der Waals surface area contributed by atoms with Crippen molar-refractivity contribution in [2.45, 2.75) is 13.5 Å². The van der Waals surface area contributed by atoms with Crippen LogP contribution in [0.3, 0.4) is 0 Å². The Balaban J connectivity index is 1.82. The standard InChI is InChI=1S/C20H15ClFN7/c1-11-5-6-14-16(17(11)21)19(18-13(22)4-3-7-23-18)24-9-15-26-27-20(29(14)15)12-8-25-28(2)10-12/h3-8,10H,9H2,1-2H3. The van der Waals surface area contributed by atoms with Crippen LogP contribution in [-0.2, 0) is 13.6 Å². The second-order valence-corrected chi connectivity index (χ2v) is 7.15. The van der Waals surface area contributed by atoms with Crippen LogP contribution in [-0.4, -0.2) is 35.2 Å². The molecule has 0 N–H and O–H groups in total. The summed E-state index contributed by atoms with van der Waals surface area (Å²) in [5.41, 5.74) is 3.54. The predicted molar refractivity (Wildman–Crippen MR) is 107 cm³/mol. The van der Waals surface area contributed by atoms with Gasteiger partial charge in [-0.25, -0.2) is 4.39 Å². The average Bonchev–Trinajstić information content (AvgIpc) is 3.28. The van der Waals surface area contributed by atoms with Crippen molar-refractivity contribution in [2.24, 2.45) is 12.0 Å². The van der Waals surface area contributed by atoms with Gasteiger partial charge in [-0.1, -0.05) is 17.7 Å². The number of hydrogen-bond donors (Lipinski definition) is 0. The lowest BCUT2D eigenvalue weighted by Crippen LogP contribution is -2.12. The smallest absolute Gasteiger partial charge is 0.171 e. The van der Waals surface area contributed by atoms with Gasteiger partial charge in [-0.15, -0.1) is 10.2 Å². The van der Waals surface area contributed by atoms with E-state index in [1.807, 2.05) is 36.9 Å². The Kier molecular flexibility index (Phi) is 4.02. The molecule has 0 spiro atoms. The lowest BCUT2D eigenvalue weighted by Gasteiger charge is -2.16. The Morgan fingerprint density at radius 3 is 2.79 bits per heavy atom. The molecule has 0 radical (unpaired) electrons. The number of pyridine rings is 1. The van der Waals surface area contributed by atoms with Crippen LogP contribution in [0.15, 0.2) is 47.8 Å². The molecule has 0 bridgehead atoms. The number of benzene rings is 1. The minimum absolute atomic E-state index is 0.155. The van der Waals surface area contributed by atoms with Crippen molar-refractivity contribution >= 4 is 17.3 Å². The third-order valence-electron chi connectivity index (χ3n) is 4.85. The number of nitrogens with zero attached hydrogens (tertiary/aromatic N) is 7. The summed E-state index contributed by atoms with van der Waals surface area (Å²) in [6.07, 6.45) is 5.12. The van der Waals surface area contributed by atoms with Gasteiger partial charge in [0.25, 0.3) is 0 Å². The van der Waals surface area contributed by atoms with Gasteiger partial charge in [0.05, 0.1) is 28.2 Å². The molecule has 0 unspecified atom stereocenters.